The number of rotatable bonds is 4. The number of hydrogen-bond donors (Lipinski definition) is 0. The van der Waals surface area contributed by atoms with Crippen molar-refractivity contribution in [1.29, 1.82) is 0 Å². The molecular weight excluding hydrogens is 176 g/mol. The summed E-state index contributed by atoms with van der Waals surface area (Å²) in [5.41, 5.74) is 0. The normalized spacial score (nSPS) is 22.6. The summed E-state index contributed by atoms with van der Waals surface area (Å²) in [4.78, 5) is 16.0. The predicted octanol–water partition coefficient (Wildman–Crippen LogP) is 1.34. The van der Waals surface area contributed by atoms with Gasteiger partial charge in [0.15, 0.2) is 0 Å². The molecule has 0 radical (unpaired) electrons. The lowest BCUT2D eigenvalue weighted by Gasteiger charge is -2.25. The highest BCUT2D eigenvalue weighted by Gasteiger charge is 2.29. The second-order valence-corrected chi connectivity index (χ2v) is 4.25. The Labute approximate surface area is 87.1 Å². The summed E-state index contributed by atoms with van der Waals surface area (Å²) >= 11 is 0. The molecule has 0 aliphatic carbocycles. The van der Waals surface area contributed by atoms with E-state index < -0.39 is 0 Å². The second kappa shape index (κ2) is 5.35. The van der Waals surface area contributed by atoms with Crippen molar-refractivity contribution in [2.24, 2.45) is 0 Å². The Morgan fingerprint density at radius 3 is 2.79 bits per heavy atom. The van der Waals surface area contributed by atoms with Crippen LogP contribution in [-0.4, -0.2) is 48.9 Å². The van der Waals surface area contributed by atoms with Crippen LogP contribution in [0.4, 0.5) is 0 Å². The molecule has 3 heteroatoms. The fourth-order valence-corrected chi connectivity index (χ4v) is 1.98. The zero-order valence-corrected chi connectivity index (χ0v) is 9.62. The van der Waals surface area contributed by atoms with Gasteiger partial charge in [-0.3, -0.25) is 9.69 Å². The summed E-state index contributed by atoms with van der Waals surface area (Å²) in [7, 11) is 3.97. The lowest BCUT2D eigenvalue weighted by atomic mass is 10.2. The van der Waals surface area contributed by atoms with Gasteiger partial charge in [-0.05, 0) is 32.9 Å². The van der Waals surface area contributed by atoms with Crippen molar-refractivity contribution >= 4 is 5.91 Å². The van der Waals surface area contributed by atoms with Crippen molar-refractivity contribution < 1.29 is 4.79 Å². The van der Waals surface area contributed by atoms with E-state index in [-0.39, 0.29) is 6.04 Å². The molecule has 0 N–H and O–H groups in total. The van der Waals surface area contributed by atoms with Gasteiger partial charge in [0.1, 0.15) is 0 Å². The summed E-state index contributed by atoms with van der Waals surface area (Å²) in [6, 6.07) is 0.150. The fraction of sp³-hybridized carbons (Fsp3) is 0.909. The number of amides is 1. The number of likely N-dealkylation sites (N-methyl/N-ethyl adjacent to an activating group) is 2. The summed E-state index contributed by atoms with van der Waals surface area (Å²) in [6.07, 6.45) is 4.46. The first-order chi connectivity index (χ1) is 6.66. The first kappa shape index (κ1) is 11.5. The minimum absolute atomic E-state index is 0.150. The average Bonchev–Trinajstić information content (AvgIpc) is 2.59. The van der Waals surface area contributed by atoms with Crippen LogP contribution in [0, 0.1) is 0 Å². The lowest BCUT2D eigenvalue weighted by Crippen LogP contribution is -2.42. The summed E-state index contributed by atoms with van der Waals surface area (Å²) in [5, 5.41) is 0. The van der Waals surface area contributed by atoms with Gasteiger partial charge < -0.3 is 4.90 Å². The van der Waals surface area contributed by atoms with Gasteiger partial charge in [-0.15, -0.1) is 0 Å². The SMILES string of the molecule is CCCCN(C)C(=O)C1CCCN1C. The van der Waals surface area contributed by atoms with E-state index in [9.17, 15) is 4.79 Å². The van der Waals surface area contributed by atoms with Gasteiger partial charge in [0, 0.05) is 13.6 Å². The minimum atomic E-state index is 0.150. The summed E-state index contributed by atoms with van der Waals surface area (Å²) in [6.45, 7) is 4.12. The van der Waals surface area contributed by atoms with Crippen molar-refractivity contribution in [3.8, 4) is 0 Å². The molecule has 14 heavy (non-hydrogen) atoms. The van der Waals surface area contributed by atoms with Crippen molar-refractivity contribution in [3.63, 3.8) is 0 Å². The number of likely N-dealkylation sites (tertiary alicyclic amines) is 1. The number of carbonyl (C=O) groups excluding carboxylic acids is 1. The maximum Gasteiger partial charge on any atom is 0.239 e. The van der Waals surface area contributed by atoms with Gasteiger partial charge in [0.2, 0.25) is 5.91 Å². The highest BCUT2D eigenvalue weighted by atomic mass is 16.2. The maximum atomic E-state index is 11.9. The van der Waals surface area contributed by atoms with Gasteiger partial charge in [-0.1, -0.05) is 13.3 Å². The molecule has 1 unspecified atom stereocenters. The molecule has 1 aliphatic heterocycles. The van der Waals surface area contributed by atoms with Crippen LogP contribution in [0.5, 0.6) is 0 Å². The van der Waals surface area contributed by atoms with Crippen LogP contribution in [0.25, 0.3) is 0 Å². The first-order valence-electron chi connectivity index (χ1n) is 5.62. The van der Waals surface area contributed by atoms with Gasteiger partial charge >= 0.3 is 0 Å². The van der Waals surface area contributed by atoms with E-state index in [1.54, 1.807) is 0 Å². The van der Waals surface area contributed by atoms with E-state index in [2.05, 4.69) is 11.8 Å². The fourth-order valence-electron chi connectivity index (χ4n) is 1.98. The third-order valence-corrected chi connectivity index (χ3v) is 3.03. The van der Waals surface area contributed by atoms with E-state index in [0.29, 0.717) is 5.91 Å². The average molecular weight is 198 g/mol. The Morgan fingerprint density at radius 2 is 2.29 bits per heavy atom. The van der Waals surface area contributed by atoms with Crippen LogP contribution in [0.2, 0.25) is 0 Å². The molecule has 0 bridgehead atoms. The van der Waals surface area contributed by atoms with E-state index in [1.165, 1.54) is 0 Å². The number of unbranched alkanes of at least 4 members (excludes halogenated alkanes) is 1. The van der Waals surface area contributed by atoms with Gasteiger partial charge in [-0.25, -0.2) is 0 Å². The Hall–Kier alpha value is -0.570. The Balaban J connectivity index is 2.39. The van der Waals surface area contributed by atoms with Crippen molar-refractivity contribution in [1.82, 2.24) is 9.80 Å². The Bertz CT molecular complexity index is 194. The molecule has 0 aromatic carbocycles. The second-order valence-electron chi connectivity index (χ2n) is 4.25. The third kappa shape index (κ3) is 2.71. The van der Waals surface area contributed by atoms with Gasteiger partial charge in [0.05, 0.1) is 6.04 Å². The zero-order valence-electron chi connectivity index (χ0n) is 9.62. The summed E-state index contributed by atoms with van der Waals surface area (Å²) < 4.78 is 0. The monoisotopic (exact) mass is 198 g/mol. The van der Waals surface area contributed by atoms with Crippen molar-refractivity contribution in [2.75, 3.05) is 27.2 Å². The smallest absolute Gasteiger partial charge is 0.239 e. The standard InChI is InChI=1S/C11H22N2O/c1-4-5-8-13(3)11(14)10-7-6-9-12(10)2/h10H,4-9H2,1-3H3. The van der Waals surface area contributed by atoms with Crippen LogP contribution in [0.3, 0.4) is 0 Å². The Morgan fingerprint density at radius 1 is 1.57 bits per heavy atom. The molecule has 0 spiro atoms. The largest absolute Gasteiger partial charge is 0.344 e. The highest BCUT2D eigenvalue weighted by Crippen LogP contribution is 2.16. The molecule has 1 fully saturated rings. The van der Waals surface area contributed by atoms with Gasteiger partial charge in [0.25, 0.3) is 0 Å². The van der Waals surface area contributed by atoms with Crippen LogP contribution in [-0.2, 0) is 4.79 Å². The quantitative estimate of drug-likeness (QED) is 0.680. The molecule has 1 rings (SSSR count). The van der Waals surface area contributed by atoms with E-state index in [1.807, 2.05) is 19.0 Å². The molecular formula is C11H22N2O. The topological polar surface area (TPSA) is 23.6 Å². The predicted molar refractivity (Wildman–Crippen MR) is 58.2 cm³/mol. The first-order valence-corrected chi connectivity index (χ1v) is 5.62. The van der Waals surface area contributed by atoms with Crippen LogP contribution in [0.15, 0.2) is 0 Å². The Kier molecular flexibility index (Phi) is 4.39. The van der Waals surface area contributed by atoms with Gasteiger partial charge in [-0.2, -0.15) is 0 Å². The number of carbonyl (C=O) groups is 1. The van der Waals surface area contributed by atoms with Crippen LogP contribution in [0.1, 0.15) is 32.6 Å². The number of nitrogens with zero attached hydrogens (tertiary/aromatic N) is 2. The van der Waals surface area contributed by atoms with Crippen molar-refractivity contribution in [3.05, 3.63) is 0 Å². The van der Waals surface area contributed by atoms with E-state index in [4.69, 9.17) is 0 Å². The lowest BCUT2D eigenvalue weighted by molar-refractivity contribution is -0.134. The third-order valence-electron chi connectivity index (χ3n) is 3.03. The molecule has 0 aromatic heterocycles. The molecule has 0 saturated carbocycles. The highest BCUT2D eigenvalue weighted by molar-refractivity contribution is 5.81. The molecule has 0 aromatic rings. The summed E-state index contributed by atoms with van der Waals surface area (Å²) in [5.74, 6) is 0.304. The van der Waals surface area contributed by atoms with Crippen LogP contribution >= 0.6 is 0 Å². The molecule has 82 valence electrons. The minimum Gasteiger partial charge on any atom is -0.344 e. The van der Waals surface area contributed by atoms with Crippen molar-refractivity contribution in [2.45, 2.75) is 38.6 Å². The van der Waals surface area contributed by atoms with E-state index in [0.717, 1.165) is 38.8 Å². The maximum absolute atomic E-state index is 11.9. The molecule has 3 nitrogen and oxygen atoms in total. The zero-order chi connectivity index (χ0) is 10.6. The number of hydrogen-bond acceptors (Lipinski definition) is 2. The molecule has 1 amide bonds. The van der Waals surface area contributed by atoms with E-state index >= 15 is 0 Å². The molecule has 1 aliphatic rings. The molecule has 1 atom stereocenters. The molecule has 1 saturated heterocycles. The molecule has 1 heterocycles. The van der Waals surface area contributed by atoms with Crippen LogP contribution < -0.4 is 0 Å².